The lowest BCUT2D eigenvalue weighted by Gasteiger charge is -2.30. The number of nitrogens with one attached hydrogen (secondary N) is 1. The molecule has 0 spiro atoms. The van der Waals surface area contributed by atoms with Crippen LogP contribution in [0.3, 0.4) is 0 Å². The van der Waals surface area contributed by atoms with Gasteiger partial charge in [-0.05, 0) is 54.2 Å². The summed E-state index contributed by atoms with van der Waals surface area (Å²) < 4.78 is 0.813. The van der Waals surface area contributed by atoms with Gasteiger partial charge in [0, 0.05) is 31.2 Å². The second kappa shape index (κ2) is 8.11. The van der Waals surface area contributed by atoms with Crippen molar-refractivity contribution >= 4 is 39.3 Å². The summed E-state index contributed by atoms with van der Waals surface area (Å²) in [5.41, 5.74) is 0. The minimum atomic E-state index is 0.0641. The van der Waals surface area contributed by atoms with Crippen LogP contribution in [0.5, 0.6) is 0 Å². The molecule has 22 heavy (non-hydrogen) atoms. The van der Waals surface area contributed by atoms with Crippen LogP contribution in [0.25, 0.3) is 0 Å². The summed E-state index contributed by atoms with van der Waals surface area (Å²) in [6.45, 7) is 4.57. The molecule has 1 aliphatic carbocycles. The van der Waals surface area contributed by atoms with E-state index in [4.69, 9.17) is 11.6 Å². The van der Waals surface area contributed by atoms with Gasteiger partial charge in [-0.2, -0.15) is 4.98 Å². The van der Waals surface area contributed by atoms with Gasteiger partial charge in [0.05, 0.1) is 4.47 Å². The Bertz CT molecular complexity index is 520. The Morgan fingerprint density at radius 2 is 2.18 bits per heavy atom. The predicted octanol–water partition coefficient (Wildman–Crippen LogP) is 3.56. The molecule has 1 heterocycles. The summed E-state index contributed by atoms with van der Waals surface area (Å²) in [6.07, 6.45) is 6.80. The summed E-state index contributed by atoms with van der Waals surface area (Å²) in [6, 6.07) is 0.571. The van der Waals surface area contributed by atoms with E-state index in [9.17, 15) is 4.79 Å². The zero-order valence-electron chi connectivity index (χ0n) is 13.0. The molecule has 0 bridgehead atoms. The average molecular weight is 390 g/mol. The predicted molar refractivity (Wildman–Crippen MR) is 92.2 cm³/mol. The fourth-order valence-corrected chi connectivity index (χ4v) is 3.38. The van der Waals surface area contributed by atoms with E-state index in [1.54, 1.807) is 6.20 Å². The third-order valence-corrected chi connectivity index (χ3v) is 4.50. The molecule has 1 aromatic rings. The third-order valence-electron chi connectivity index (χ3n) is 3.76. The zero-order valence-corrected chi connectivity index (χ0v) is 15.3. The van der Waals surface area contributed by atoms with Crippen LogP contribution in [0.15, 0.2) is 10.7 Å². The molecule has 7 heteroatoms. The van der Waals surface area contributed by atoms with Crippen LogP contribution < -0.4 is 10.2 Å². The van der Waals surface area contributed by atoms with E-state index in [1.165, 1.54) is 12.8 Å². The minimum Gasteiger partial charge on any atom is -0.354 e. The maximum atomic E-state index is 11.9. The molecular weight excluding hydrogens is 368 g/mol. The van der Waals surface area contributed by atoms with Gasteiger partial charge in [0.25, 0.3) is 0 Å². The monoisotopic (exact) mass is 388 g/mol. The first-order valence-electron chi connectivity index (χ1n) is 7.71. The zero-order chi connectivity index (χ0) is 16.1. The van der Waals surface area contributed by atoms with Crippen LogP contribution in [0.4, 0.5) is 5.82 Å². The average Bonchev–Trinajstić information content (AvgIpc) is 2.96. The Hall–Kier alpha value is -0.880. The van der Waals surface area contributed by atoms with Crippen molar-refractivity contribution in [3.05, 3.63) is 16.0 Å². The highest BCUT2D eigenvalue weighted by atomic mass is 79.9. The number of carbonyl (C=O) groups is 1. The van der Waals surface area contributed by atoms with E-state index >= 15 is 0 Å². The standard InChI is InChI=1S/C15H22BrClN4O/c1-10(2)19-13(22)7-8-21(11-5-3-4-6-11)14-12(16)9-18-15(17)20-14/h9-11H,3-8H2,1-2H3,(H,19,22). The van der Waals surface area contributed by atoms with Crippen molar-refractivity contribution in [1.82, 2.24) is 15.3 Å². The highest BCUT2D eigenvalue weighted by Crippen LogP contribution is 2.32. The fourth-order valence-electron chi connectivity index (χ4n) is 2.83. The number of amides is 1. The van der Waals surface area contributed by atoms with Gasteiger partial charge in [-0.3, -0.25) is 4.79 Å². The number of hydrogen-bond donors (Lipinski definition) is 1. The number of carbonyl (C=O) groups excluding carboxylic acids is 1. The number of nitrogens with zero attached hydrogens (tertiary/aromatic N) is 3. The van der Waals surface area contributed by atoms with Crippen LogP contribution in [0.1, 0.15) is 46.0 Å². The minimum absolute atomic E-state index is 0.0641. The molecule has 1 amide bonds. The molecule has 0 unspecified atom stereocenters. The molecular formula is C15H22BrClN4O. The van der Waals surface area contributed by atoms with Crippen molar-refractivity contribution in [3.63, 3.8) is 0 Å². The normalized spacial score (nSPS) is 15.3. The van der Waals surface area contributed by atoms with E-state index < -0.39 is 0 Å². The Kier molecular flexibility index (Phi) is 6.44. The summed E-state index contributed by atoms with van der Waals surface area (Å²) >= 11 is 9.45. The molecule has 0 atom stereocenters. The van der Waals surface area contributed by atoms with Gasteiger partial charge >= 0.3 is 0 Å². The lowest BCUT2D eigenvalue weighted by atomic mass is 10.2. The van der Waals surface area contributed by atoms with Crippen molar-refractivity contribution in [3.8, 4) is 0 Å². The second-order valence-corrected chi connectivity index (χ2v) is 7.11. The molecule has 0 aliphatic heterocycles. The molecule has 1 saturated carbocycles. The third kappa shape index (κ3) is 4.81. The lowest BCUT2D eigenvalue weighted by Crippen LogP contribution is -2.39. The van der Waals surface area contributed by atoms with Gasteiger partial charge < -0.3 is 10.2 Å². The van der Waals surface area contributed by atoms with Gasteiger partial charge in [-0.15, -0.1) is 0 Å². The number of halogens is 2. The van der Waals surface area contributed by atoms with Gasteiger partial charge in [0.1, 0.15) is 5.82 Å². The van der Waals surface area contributed by atoms with Gasteiger partial charge in [0.15, 0.2) is 0 Å². The molecule has 5 nitrogen and oxygen atoms in total. The van der Waals surface area contributed by atoms with Crippen LogP contribution >= 0.6 is 27.5 Å². The van der Waals surface area contributed by atoms with Crippen LogP contribution in [0, 0.1) is 0 Å². The van der Waals surface area contributed by atoms with Crippen molar-refractivity contribution in [2.24, 2.45) is 0 Å². The van der Waals surface area contributed by atoms with Crippen molar-refractivity contribution in [2.75, 3.05) is 11.4 Å². The Morgan fingerprint density at radius 3 is 2.82 bits per heavy atom. The SMILES string of the molecule is CC(C)NC(=O)CCN(c1nc(Cl)ncc1Br)C1CCCC1. The first kappa shape index (κ1) is 17.5. The van der Waals surface area contributed by atoms with E-state index in [2.05, 4.69) is 36.1 Å². The fraction of sp³-hybridized carbons (Fsp3) is 0.667. The summed E-state index contributed by atoms with van der Waals surface area (Å²) in [7, 11) is 0. The number of anilines is 1. The summed E-state index contributed by atoms with van der Waals surface area (Å²) in [5.74, 6) is 0.846. The van der Waals surface area contributed by atoms with Crippen molar-refractivity contribution < 1.29 is 4.79 Å². The first-order valence-corrected chi connectivity index (χ1v) is 8.88. The Morgan fingerprint density at radius 1 is 1.50 bits per heavy atom. The molecule has 1 aliphatic rings. The van der Waals surface area contributed by atoms with E-state index in [0.717, 1.165) is 23.1 Å². The first-order chi connectivity index (χ1) is 10.5. The van der Waals surface area contributed by atoms with Crippen LogP contribution in [-0.2, 0) is 4.79 Å². The molecule has 1 fully saturated rings. The molecule has 1 N–H and O–H groups in total. The van der Waals surface area contributed by atoms with E-state index in [1.807, 2.05) is 13.8 Å². The van der Waals surface area contributed by atoms with E-state index in [-0.39, 0.29) is 17.2 Å². The van der Waals surface area contributed by atoms with Crippen molar-refractivity contribution in [2.45, 2.75) is 58.0 Å². The number of hydrogen-bond acceptors (Lipinski definition) is 4. The van der Waals surface area contributed by atoms with Crippen molar-refractivity contribution in [1.29, 1.82) is 0 Å². The maximum absolute atomic E-state index is 11.9. The quantitative estimate of drug-likeness (QED) is 0.756. The second-order valence-electron chi connectivity index (χ2n) is 5.91. The van der Waals surface area contributed by atoms with Crippen LogP contribution in [0.2, 0.25) is 5.28 Å². The lowest BCUT2D eigenvalue weighted by molar-refractivity contribution is -0.121. The summed E-state index contributed by atoms with van der Waals surface area (Å²) in [5, 5.41) is 3.16. The van der Waals surface area contributed by atoms with E-state index in [0.29, 0.717) is 19.0 Å². The molecule has 0 saturated heterocycles. The molecule has 122 valence electrons. The molecule has 0 radical (unpaired) electrons. The Balaban J connectivity index is 2.12. The maximum Gasteiger partial charge on any atom is 0.224 e. The summed E-state index contributed by atoms with van der Waals surface area (Å²) in [4.78, 5) is 22.5. The molecule has 1 aromatic heterocycles. The molecule has 2 rings (SSSR count). The van der Waals surface area contributed by atoms with Gasteiger partial charge in [0.2, 0.25) is 11.2 Å². The van der Waals surface area contributed by atoms with Gasteiger partial charge in [-0.1, -0.05) is 12.8 Å². The topological polar surface area (TPSA) is 58.1 Å². The largest absolute Gasteiger partial charge is 0.354 e. The number of aromatic nitrogens is 2. The smallest absolute Gasteiger partial charge is 0.224 e. The number of rotatable bonds is 6. The Labute approximate surface area is 145 Å². The highest BCUT2D eigenvalue weighted by Gasteiger charge is 2.26. The molecule has 0 aromatic carbocycles. The van der Waals surface area contributed by atoms with Gasteiger partial charge in [-0.25, -0.2) is 4.98 Å². The van der Waals surface area contributed by atoms with Crippen LogP contribution in [-0.4, -0.2) is 34.5 Å². The highest BCUT2D eigenvalue weighted by molar-refractivity contribution is 9.10.